The zero-order valence-electron chi connectivity index (χ0n) is 15.3. The Morgan fingerprint density at radius 1 is 1.14 bits per heavy atom. The predicted molar refractivity (Wildman–Crippen MR) is 107 cm³/mol. The minimum Gasteiger partial charge on any atom is -0.481 e. The number of pyridine rings is 2. The highest BCUT2D eigenvalue weighted by Crippen LogP contribution is 2.16. The molecule has 1 saturated heterocycles. The molecule has 0 saturated carbocycles. The Balaban J connectivity index is 1.50. The van der Waals surface area contributed by atoms with E-state index in [1.54, 1.807) is 18.3 Å². The minimum absolute atomic E-state index is 0.0988. The van der Waals surface area contributed by atoms with Gasteiger partial charge >= 0.3 is 5.97 Å². The number of anilines is 2. The Morgan fingerprint density at radius 3 is 2.54 bits per heavy atom. The Kier molecular flexibility index (Phi) is 6.78. The second-order valence-electron chi connectivity index (χ2n) is 6.63. The summed E-state index contributed by atoms with van der Waals surface area (Å²) in [5.41, 5.74) is 0.488. The van der Waals surface area contributed by atoms with Crippen molar-refractivity contribution in [2.75, 3.05) is 42.9 Å². The number of carbonyl (C=O) groups excluding carboxylic acids is 1. The number of amides is 1. The normalized spacial score (nSPS) is 15.8. The van der Waals surface area contributed by atoms with Crippen molar-refractivity contribution >= 4 is 35.0 Å². The van der Waals surface area contributed by atoms with Gasteiger partial charge in [-0.15, -0.1) is 0 Å². The van der Waals surface area contributed by atoms with Gasteiger partial charge in [0.25, 0.3) is 0 Å². The smallest absolute Gasteiger partial charge is 0.308 e. The second kappa shape index (κ2) is 9.48. The summed E-state index contributed by atoms with van der Waals surface area (Å²) in [6, 6.07) is 8.98. The number of nitrogens with zero attached hydrogens (tertiary/aromatic N) is 4. The van der Waals surface area contributed by atoms with Crippen LogP contribution < -0.4 is 10.2 Å². The van der Waals surface area contributed by atoms with E-state index in [4.69, 9.17) is 11.6 Å². The number of aliphatic carboxylic acids is 1. The molecule has 0 aliphatic carbocycles. The van der Waals surface area contributed by atoms with Crippen molar-refractivity contribution in [2.24, 2.45) is 5.92 Å². The van der Waals surface area contributed by atoms with Gasteiger partial charge in [0.1, 0.15) is 11.0 Å². The molecule has 2 N–H and O–H groups in total. The Hall–Kier alpha value is -2.71. The summed E-state index contributed by atoms with van der Waals surface area (Å²) < 4.78 is 0. The summed E-state index contributed by atoms with van der Waals surface area (Å²) >= 11 is 5.72. The zero-order chi connectivity index (χ0) is 19.9. The third-order valence-corrected chi connectivity index (χ3v) is 4.84. The molecule has 1 aliphatic rings. The van der Waals surface area contributed by atoms with E-state index in [1.165, 1.54) is 6.20 Å². The average Bonchev–Trinajstić information content (AvgIpc) is 2.70. The summed E-state index contributed by atoms with van der Waals surface area (Å²) in [7, 11) is 0. The lowest BCUT2D eigenvalue weighted by molar-refractivity contribution is -0.144. The summed E-state index contributed by atoms with van der Waals surface area (Å²) in [6.45, 7) is 3.32. The monoisotopic (exact) mass is 403 g/mol. The molecule has 0 aromatic carbocycles. The largest absolute Gasteiger partial charge is 0.481 e. The number of halogens is 1. The van der Waals surface area contributed by atoms with Gasteiger partial charge in [0.15, 0.2) is 0 Å². The molecule has 148 valence electrons. The average molecular weight is 404 g/mol. The van der Waals surface area contributed by atoms with Crippen LogP contribution in [0, 0.1) is 5.92 Å². The van der Waals surface area contributed by atoms with Crippen molar-refractivity contribution in [1.82, 2.24) is 14.9 Å². The molecular formula is C19H22ClN5O3. The van der Waals surface area contributed by atoms with Crippen LogP contribution in [0.15, 0.2) is 42.7 Å². The molecule has 3 heterocycles. The first-order valence-corrected chi connectivity index (χ1v) is 9.41. The number of rotatable bonds is 7. The molecule has 3 rings (SSSR count). The van der Waals surface area contributed by atoms with Crippen LogP contribution >= 0.6 is 11.6 Å². The first-order valence-electron chi connectivity index (χ1n) is 9.04. The number of hydrogen-bond donors (Lipinski definition) is 2. The number of carboxylic acids is 1. The summed E-state index contributed by atoms with van der Waals surface area (Å²) in [5, 5.41) is 12.5. The highest BCUT2D eigenvalue weighted by atomic mass is 35.5. The maximum atomic E-state index is 12.2. The predicted octanol–water partition coefficient (Wildman–Crippen LogP) is 1.98. The van der Waals surface area contributed by atoms with Gasteiger partial charge < -0.3 is 15.3 Å². The maximum Gasteiger partial charge on any atom is 0.308 e. The van der Waals surface area contributed by atoms with E-state index in [1.807, 2.05) is 18.2 Å². The van der Waals surface area contributed by atoms with Crippen molar-refractivity contribution < 1.29 is 14.7 Å². The molecule has 1 aliphatic heterocycles. The van der Waals surface area contributed by atoms with E-state index >= 15 is 0 Å². The lowest BCUT2D eigenvalue weighted by atomic mass is 10.0. The van der Waals surface area contributed by atoms with Crippen LogP contribution in [0.3, 0.4) is 0 Å². The molecule has 1 unspecified atom stereocenters. The molecule has 0 bridgehead atoms. The van der Waals surface area contributed by atoms with Crippen LogP contribution in [-0.4, -0.2) is 64.6 Å². The number of carbonyl (C=O) groups is 2. The van der Waals surface area contributed by atoms with Crippen molar-refractivity contribution in [1.29, 1.82) is 0 Å². The van der Waals surface area contributed by atoms with E-state index in [0.717, 1.165) is 32.0 Å². The highest BCUT2D eigenvalue weighted by Gasteiger charge is 2.26. The van der Waals surface area contributed by atoms with E-state index in [-0.39, 0.29) is 12.3 Å². The SMILES string of the molecule is O=C(CC(CN1CCN(c2ccccn2)CC1)C(=O)O)Nc1ccc(Cl)nc1. The third kappa shape index (κ3) is 5.64. The minimum atomic E-state index is -0.975. The summed E-state index contributed by atoms with van der Waals surface area (Å²) in [6.07, 6.45) is 3.10. The Morgan fingerprint density at radius 2 is 1.93 bits per heavy atom. The molecule has 2 aromatic rings. The standard InChI is InChI=1S/C19H22ClN5O3/c20-16-5-4-15(12-22-16)23-18(26)11-14(19(27)28)13-24-7-9-25(10-8-24)17-3-1-2-6-21-17/h1-6,12,14H,7-11,13H2,(H,23,26)(H,27,28). The number of carboxylic acid groups (broad SMARTS) is 1. The van der Waals surface area contributed by atoms with Crippen molar-refractivity contribution in [2.45, 2.75) is 6.42 Å². The molecule has 0 spiro atoms. The van der Waals surface area contributed by atoms with Crippen LogP contribution in [0.2, 0.25) is 5.15 Å². The molecular weight excluding hydrogens is 382 g/mol. The van der Waals surface area contributed by atoms with Crippen LogP contribution in [-0.2, 0) is 9.59 Å². The topological polar surface area (TPSA) is 98.7 Å². The number of nitrogens with one attached hydrogen (secondary N) is 1. The van der Waals surface area contributed by atoms with Crippen LogP contribution in [0.25, 0.3) is 0 Å². The second-order valence-corrected chi connectivity index (χ2v) is 7.02. The molecule has 9 heteroatoms. The van der Waals surface area contributed by atoms with Crippen LogP contribution in [0.5, 0.6) is 0 Å². The molecule has 1 atom stereocenters. The first kappa shape index (κ1) is 20.0. The quantitative estimate of drug-likeness (QED) is 0.682. The van der Waals surface area contributed by atoms with E-state index < -0.39 is 11.9 Å². The van der Waals surface area contributed by atoms with E-state index in [2.05, 4.69) is 25.1 Å². The fourth-order valence-corrected chi connectivity index (χ4v) is 3.24. The highest BCUT2D eigenvalue weighted by molar-refractivity contribution is 6.29. The van der Waals surface area contributed by atoms with Gasteiger partial charge in [-0.1, -0.05) is 17.7 Å². The summed E-state index contributed by atoms with van der Waals surface area (Å²) in [4.78, 5) is 36.3. The Labute approximate surface area is 168 Å². The fourth-order valence-electron chi connectivity index (χ4n) is 3.13. The Bertz CT molecular complexity index is 795. The number of piperazine rings is 1. The molecule has 8 nitrogen and oxygen atoms in total. The van der Waals surface area contributed by atoms with Crippen molar-refractivity contribution in [3.8, 4) is 0 Å². The van der Waals surface area contributed by atoms with Crippen molar-refractivity contribution in [3.05, 3.63) is 47.9 Å². The maximum absolute atomic E-state index is 12.2. The molecule has 28 heavy (non-hydrogen) atoms. The molecule has 1 fully saturated rings. The van der Waals surface area contributed by atoms with Gasteiger partial charge in [-0.05, 0) is 24.3 Å². The molecule has 2 aromatic heterocycles. The number of aromatic nitrogens is 2. The van der Waals surface area contributed by atoms with Crippen molar-refractivity contribution in [3.63, 3.8) is 0 Å². The van der Waals surface area contributed by atoms with Gasteiger partial charge in [-0.25, -0.2) is 9.97 Å². The lowest BCUT2D eigenvalue weighted by Gasteiger charge is -2.36. The lowest BCUT2D eigenvalue weighted by Crippen LogP contribution is -2.49. The van der Waals surface area contributed by atoms with E-state index in [0.29, 0.717) is 17.4 Å². The first-order chi connectivity index (χ1) is 13.5. The molecule has 0 radical (unpaired) electrons. The summed E-state index contributed by atoms with van der Waals surface area (Å²) in [5.74, 6) is -1.19. The van der Waals surface area contributed by atoms with E-state index in [9.17, 15) is 14.7 Å². The number of hydrogen-bond acceptors (Lipinski definition) is 6. The van der Waals surface area contributed by atoms with Gasteiger partial charge in [0.2, 0.25) is 5.91 Å². The van der Waals surface area contributed by atoms with Gasteiger partial charge in [-0.3, -0.25) is 14.5 Å². The third-order valence-electron chi connectivity index (χ3n) is 4.62. The fraction of sp³-hybridized carbons (Fsp3) is 0.368. The van der Waals surface area contributed by atoms with Gasteiger partial charge in [0, 0.05) is 45.3 Å². The zero-order valence-corrected chi connectivity index (χ0v) is 16.0. The molecule has 1 amide bonds. The van der Waals surface area contributed by atoms with Crippen LogP contribution in [0.1, 0.15) is 6.42 Å². The van der Waals surface area contributed by atoms with Gasteiger partial charge in [-0.2, -0.15) is 0 Å². The van der Waals surface area contributed by atoms with Gasteiger partial charge in [0.05, 0.1) is 17.8 Å². The van der Waals surface area contributed by atoms with Crippen LogP contribution in [0.4, 0.5) is 11.5 Å².